The lowest BCUT2D eigenvalue weighted by molar-refractivity contribution is -0.379. The molecule has 0 radical (unpaired) electrons. The van der Waals surface area contributed by atoms with Crippen LogP contribution in [0.3, 0.4) is 0 Å². The minimum atomic E-state index is -2.17. The zero-order valence-corrected chi connectivity index (χ0v) is 35.1. The fourth-order valence-electron chi connectivity index (χ4n) is 8.23. The van der Waals surface area contributed by atoms with E-state index in [1.54, 1.807) is 0 Å². The maximum atomic E-state index is 12.5. The van der Waals surface area contributed by atoms with Crippen molar-refractivity contribution >= 4 is 17.7 Å². The van der Waals surface area contributed by atoms with Gasteiger partial charge in [-0.25, -0.2) is 0 Å². The molecule has 0 unspecified atom stereocenters. The molecule has 0 aromatic heterocycles. The van der Waals surface area contributed by atoms with Crippen LogP contribution in [0.25, 0.3) is 0 Å². The number of aliphatic hydroxyl groups is 14. The quantitative estimate of drug-likeness (QED) is 0.0683. The van der Waals surface area contributed by atoms with Crippen molar-refractivity contribution in [3.63, 3.8) is 0 Å². The molecular weight excluding hydrogens is 890 g/mol. The molecule has 5 heterocycles. The number of ether oxygens (including phenoxy) is 9. The minimum Gasteiger partial charge on any atom is -0.394 e. The van der Waals surface area contributed by atoms with Gasteiger partial charge in [-0.1, -0.05) is 0 Å². The largest absolute Gasteiger partial charge is 0.394 e. The number of hydrogen-bond acceptors (Lipinski definition) is 26. The predicted octanol–water partition coefficient (Wildman–Crippen LogP) is -11.5. The average molecular weight is 952 g/mol. The Morgan fingerprint density at radius 2 is 0.723 bits per heavy atom. The van der Waals surface area contributed by atoms with Gasteiger partial charge in [0.25, 0.3) is 0 Å². The summed E-state index contributed by atoms with van der Waals surface area (Å²) in [6.07, 6.45) is -40.3. The highest BCUT2D eigenvalue weighted by Gasteiger charge is 2.57. The molecule has 0 aromatic carbocycles. The minimum absolute atomic E-state index is 0.710. The van der Waals surface area contributed by atoms with Gasteiger partial charge in [-0.05, 0) is 0 Å². The van der Waals surface area contributed by atoms with Crippen LogP contribution in [0.15, 0.2) is 0 Å². The Kier molecular flexibility index (Phi) is 19.1. The molecule has 3 amide bonds. The SMILES string of the molecule is CC(=O)N[C@@H]1[C@@H](O[C@@H]2O[C@H](CO)[C@@H](O[C@@H]3O[C@H](CO)[C@H](O)[C@H](O[C@@H]4O[C@H](CO)[C@@H](O)[C@H](O[C@@H]5O[C@H](CO)[C@H](O)[C@H](O)[C@H]5O)[C@H]4NC(C)=O)[C@H]3O)[C@H](O)[C@H]2NC(C)=O)[C@@H](O)[C@@H](CO)O[C@@H]1O. The Labute approximate surface area is 369 Å². The summed E-state index contributed by atoms with van der Waals surface area (Å²) < 4.78 is 51.5. The fourth-order valence-corrected chi connectivity index (χ4v) is 8.23. The van der Waals surface area contributed by atoms with Crippen LogP contribution in [-0.4, -0.2) is 276 Å². The Balaban J connectivity index is 1.41. The molecule has 376 valence electrons. The van der Waals surface area contributed by atoms with Crippen LogP contribution in [0, 0.1) is 0 Å². The van der Waals surface area contributed by atoms with Gasteiger partial charge in [0.2, 0.25) is 17.7 Å². The van der Waals surface area contributed by atoms with Crippen molar-refractivity contribution in [1.82, 2.24) is 16.0 Å². The van der Waals surface area contributed by atoms with Crippen LogP contribution in [0.2, 0.25) is 0 Å². The van der Waals surface area contributed by atoms with Gasteiger partial charge in [-0.3, -0.25) is 14.4 Å². The second-order valence-electron chi connectivity index (χ2n) is 16.2. The molecule has 17 N–H and O–H groups in total. The van der Waals surface area contributed by atoms with Gasteiger partial charge in [0, 0.05) is 20.8 Å². The van der Waals surface area contributed by atoms with Gasteiger partial charge >= 0.3 is 0 Å². The summed E-state index contributed by atoms with van der Waals surface area (Å²) in [5.41, 5.74) is 0. The molecule has 5 aliphatic heterocycles. The van der Waals surface area contributed by atoms with E-state index in [1.807, 2.05) is 0 Å². The molecule has 0 bridgehead atoms. The first-order valence-electron chi connectivity index (χ1n) is 20.6. The van der Waals surface area contributed by atoms with Gasteiger partial charge in [0.15, 0.2) is 31.5 Å². The molecule has 29 heteroatoms. The lowest BCUT2D eigenvalue weighted by atomic mass is 9.93. The Morgan fingerprint density at radius 1 is 0.369 bits per heavy atom. The van der Waals surface area contributed by atoms with E-state index in [1.165, 1.54) is 0 Å². The van der Waals surface area contributed by atoms with Crippen LogP contribution < -0.4 is 16.0 Å². The highest BCUT2D eigenvalue weighted by atomic mass is 16.8. The van der Waals surface area contributed by atoms with Gasteiger partial charge in [0.1, 0.15) is 122 Å². The lowest BCUT2D eigenvalue weighted by Crippen LogP contribution is -2.71. The third-order valence-corrected chi connectivity index (χ3v) is 11.5. The van der Waals surface area contributed by atoms with E-state index in [0.29, 0.717) is 0 Å². The standard InChI is InChI=1S/C36H61N3O26/c1-9(45)37-17-24(52)28(16(8-44)61-33(17)63-29-18(38-10(2)46)32(56)57-13(5-41)21(29)49)62-36-27(55)31(23(51)15(7-43)60-36)65-34-19(39-11(3)47)30(22(50)14(6-42)58-34)64-35-26(54)25(53)20(48)12(4-40)59-35/h12-36,40-44,48-56H,4-8H2,1-3H3,(H,37,45)(H,38,46)(H,39,47)/t12-,13-,14-,15-,16-,17-,18-,19-,20+,21+,22-,23+,24-,25+,26-,27-,28-,29-,30-,31+,32+,33+,34+,35+,36+/m1/s1. The molecule has 0 spiro atoms. The monoisotopic (exact) mass is 951 g/mol. The van der Waals surface area contributed by atoms with E-state index in [4.69, 9.17) is 42.6 Å². The molecule has 5 saturated heterocycles. The van der Waals surface area contributed by atoms with E-state index in [2.05, 4.69) is 16.0 Å². The van der Waals surface area contributed by atoms with Crippen molar-refractivity contribution in [3.05, 3.63) is 0 Å². The molecule has 29 nitrogen and oxygen atoms in total. The van der Waals surface area contributed by atoms with Gasteiger partial charge in [-0.15, -0.1) is 0 Å². The van der Waals surface area contributed by atoms with E-state index in [0.717, 1.165) is 20.8 Å². The molecule has 5 rings (SSSR count). The second-order valence-corrected chi connectivity index (χ2v) is 16.2. The predicted molar refractivity (Wildman–Crippen MR) is 201 cm³/mol. The smallest absolute Gasteiger partial charge is 0.217 e. The topological polar surface area (TPSA) is 454 Å². The zero-order chi connectivity index (χ0) is 48.2. The molecule has 25 atom stereocenters. The average Bonchev–Trinajstić information content (AvgIpc) is 3.25. The normalized spacial score (nSPS) is 47.1. The Hall–Kier alpha value is -2.51. The summed E-state index contributed by atoms with van der Waals surface area (Å²) >= 11 is 0. The third kappa shape index (κ3) is 11.9. The van der Waals surface area contributed by atoms with E-state index < -0.39 is 204 Å². The van der Waals surface area contributed by atoms with E-state index >= 15 is 0 Å². The van der Waals surface area contributed by atoms with Crippen molar-refractivity contribution in [2.24, 2.45) is 0 Å². The first-order valence-corrected chi connectivity index (χ1v) is 20.6. The highest BCUT2D eigenvalue weighted by Crippen LogP contribution is 2.36. The summed E-state index contributed by atoms with van der Waals surface area (Å²) in [5.74, 6) is -2.32. The highest BCUT2D eigenvalue weighted by molar-refractivity contribution is 5.74. The first kappa shape index (κ1) is 53.4. The van der Waals surface area contributed by atoms with Crippen molar-refractivity contribution in [3.8, 4) is 0 Å². The van der Waals surface area contributed by atoms with Gasteiger partial charge in [0.05, 0.1) is 33.0 Å². The summed E-state index contributed by atoms with van der Waals surface area (Å²) in [4.78, 5) is 37.0. The number of rotatable bonds is 16. The molecule has 0 saturated carbocycles. The second kappa shape index (κ2) is 23.2. The van der Waals surface area contributed by atoms with Gasteiger partial charge in [-0.2, -0.15) is 0 Å². The molecular formula is C36H61N3O26. The van der Waals surface area contributed by atoms with Crippen molar-refractivity contribution in [1.29, 1.82) is 0 Å². The molecule has 65 heavy (non-hydrogen) atoms. The number of carbonyl (C=O) groups is 3. The van der Waals surface area contributed by atoms with Crippen molar-refractivity contribution < 1.29 is 129 Å². The molecule has 0 aromatic rings. The maximum absolute atomic E-state index is 12.5. The van der Waals surface area contributed by atoms with Crippen LogP contribution in [0.1, 0.15) is 20.8 Å². The number of amides is 3. The van der Waals surface area contributed by atoms with Crippen LogP contribution in [0.5, 0.6) is 0 Å². The summed E-state index contributed by atoms with van der Waals surface area (Å²) in [7, 11) is 0. The summed E-state index contributed by atoms with van der Waals surface area (Å²) in [5, 5.41) is 156. The number of hydrogen-bond donors (Lipinski definition) is 17. The van der Waals surface area contributed by atoms with Crippen molar-refractivity contribution in [2.45, 2.75) is 174 Å². The molecule has 5 aliphatic rings. The van der Waals surface area contributed by atoms with Crippen molar-refractivity contribution in [2.75, 3.05) is 33.0 Å². The molecule has 0 aliphatic carbocycles. The molecule has 5 fully saturated rings. The van der Waals surface area contributed by atoms with Crippen LogP contribution in [0.4, 0.5) is 0 Å². The van der Waals surface area contributed by atoms with Gasteiger partial charge < -0.3 is 130 Å². The maximum Gasteiger partial charge on any atom is 0.217 e. The van der Waals surface area contributed by atoms with Crippen LogP contribution in [-0.2, 0) is 57.0 Å². The number of nitrogens with one attached hydrogen (secondary N) is 3. The summed E-state index contributed by atoms with van der Waals surface area (Å²) in [6.45, 7) is -1.49. The number of carbonyl (C=O) groups excluding carboxylic acids is 3. The number of aliphatic hydroxyl groups excluding tert-OH is 14. The van der Waals surface area contributed by atoms with E-state index in [-0.39, 0.29) is 0 Å². The first-order chi connectivity index (χ1) is 30.7. The Bertz CT molecular complexity index is 1560. The Morgan fingerprint density at radius 3 is 1.25 bits per heavy atom. The third-order valence-electron chi connectivity index (χ3n) is 11.5. The van der Waals surface area contributed by atoms with E-state index in [9.17, 15) is 85.9 Å². The van der Waals surface area contributed by atoms with Crippen LogP contribution >= 0.6 is 0 Å². The zero-order valence-electron chi connectivity index (χ0n) is 35.1. The fraction of sp³-hybridized carbons (Fsp3) is 0.917. The lowest BCUT2D eigenvalue weighted by Gasteiger charge is -2.51. The summed E-state index contributed by atoms with van der Waals surface area (Å²) in [6, 6.07) is -4.89.